The number of pyridine rings is 1. The Kier molecular flexibility index (Phi) is 5.28. The van der Waals surface area contributed by atoms with Gasteiger partial charge in [0.15, 0.2) is 6.29 Å². The standard InChI is InChI=1S/C17H23N3O/c1-4-9-20(11-10-19(2)3)17-15(13-21)12-14-7-5-6-8-16(14)18-17/h5-8,12-13H,4,9-11H2,1-3H3. The highest BCUT2D eigenvalue weighted by atomic mass is 16.1. The number of anilines is 1. The summed E-state index contributed by atoms with van der Waals surface area (Å²) in [5.74, 6) is 0.799. The van der Waals surface area contributed by atoms with Gasteiger partial charge in [0.05, 0.1) is 11.1 Å². The van der Waals surface area contributed by atoms with Crippen LogP contribution in [0, 0.1) is 0 Å². The zero-order valence-electron chi connectivity index (χ0n) is 13.0. The second-order valence-electron chi connectivity index (χ2n) is 5.50. The molecule has 0 unspecified atom stereocenters. The highest BCUT2D eigenvalue weighted by molar-refractivity contribution is 5.91. The quantitative estimate of drug-likeness (QED) is 0.733. The molecular weight excluding hydrogens is 262 g/mol. The molecule has 0 saturated carbocycles. The van der Waals surface area contributed by atoms with E-state index in [-0.39, 0.29) is 0 Å². The largest absolute Gasteiger partial charge is 0.355 e. The number of hydrogen-bond donors (Lipinski definition) is 0. The van der Waals surface area contributed by atoms with E-state index in [1.54, 1.807) is 0 Å². The maximum absolute atomic E-state index is 11.4. The first-order valence-electron chi connectivity index (χ1n) is 7.40. The Bertz CT molecular complexity index is 610. The van der Waals surface area contributed by atoms with E-state index in [1.165, 1.54) is 0 Å². The molecule has 2 aromatic rings. The molecule has 0 aliphatic rings. The molecule has 21 heavy (non-hydrogen) atoms. The summed E-state index contributed by atoms with van der Waals surface area (Å²) < 4.78 is 0. The minimum atomic E-state index is 0.668. The zero-order valence-corrected chi connectivity index (χ0v) is 13.0. The number of fused-ring (bicyclic) bond motifs is 1. The van der Waals surface area contributed by atoms with Gasteiger partial charge in [0.25, 0.3) is 0 Å². The van der Waals surface area contributed by atoms with Gasteiger partial charge in [-0.2, -0.15) is 0 Å². The monoisotopic (exact) mass is 285 g/mol. The molecule has 0 aliphatic heterocycles. The fourth-order valence-electron chi connectivity index (χ4n) is 2.38. The van der Waals surface area contributed by atoms with E-state index in [0.717, 1.165) is 49.1 Å². The van der Waals surface area contributed by atoms with Gasteiger partial charge in [0, 0.05) is 25.0 Å². The van der Waals surface area contributed by atoms with E-state index in [1.807, 2.05) is 30.3 Å². The minimum absolute atomic E-state index is 0.668. The normalized spacial score (nSPS) is 11.0. The van der Waals surface area contributed by atoms with E-state index in [9.17, 15) is 4.79 Å². The van der Waals surface area contributed by atoms with Crippen LogP contribution in [0.1, 0.15) is 23.7 Å². The van der Waals surface area contributed by atoms with Gasteiger partial charge in [0.1, 0.15) is 5.82 Å². The van der Waals surface area contributed by atoms with Gasteiger partial charge in [-0.1, -0.05) is 25.1 Å². The molecule has 1 aromatic carbocycles. The van der Waals surface area contributed by atoms with Gasteiger partial charge in [-0.05, 0) is 32.6 Å². The molecule has 0 spiro atoms. The zero-order chi connectivity index (χ0) is 15.2. The second kappa shape index (κ2) is 7.18. The van der Waals surface area contributed by atoms with Gasteiger partial charge >= 0.3 is 0 Å². The van der Waals surface area contributed by atoms with Gasteiger partial charge in [-0.3, -0.25) is 4.79 Å². The summed E-state index contributed by atoms with van der Waals surface area (Å²) in [6.45, 7) is 4.85. The molecule has 4 nitrogen and oxygen atoms in total. The predicted octanol–water partition coefficient (Wildman–Crippen LogP) is 2.83. The molecule has 1 heterocycles. The number of benzene rings is 1. The van der Waals surface area contributed by atoms with Crippen LogP contribution in [-0.4, -0.2) is 49.9 Å². The van der Waals surface area contributed by atoms with E-state index in [2.05, 4.69) is 30.8 Å². The average molecular weight is 285 g/mol. The van der Waals surface area contributed by atoms with Crippen molar-refractivity contribution in [2.45, 2.75) is 13.3 Å². The summed E-state index contributed by atoms with van der Waals surface area (Å²) in [5, 5.41) is 1.01. The minimum Gasteiger partial charge on any atom is -0.355 e. The van der Waals surface area contributed by atoms with Crippen LogP contribution in [0.2, 0.25) is 0 Å². The van der Waals surface area contributed by atoms with E-state index in [0.29, 0.717) is 5.56 Å². The van der Waals surface area contributed by atoms with Crippen molar-refractivity contribution >= 4 is 23.0 Å². The summed E-state index contributed by atoms with van der Waals surface area (Å²) in [7, 11) is 4.11. The van der Waals surface area contributed by atoms with Crippen LogP contribution in [-0.2, 0) is 0 Å². The number of aromatic nitrogens is 1. The molecule has 0 bridgehead atoms. The van der Waals surface area contributed by atoms with E-state index >= 15 is 0 Å². The lowest BCUT2D eigenvalue weighted by atomic mass is 10.1. The lowest BCUT2D eigenvalue weighted by molar-refractivity contribution is 0.112. The van der Waals surface area contributed by atoms with Crippen molar-refractivity contribution in [3.8, 4) is 0 Å². The van der Waals surface area contributed by atoms with Crippen LogP contribution in [0.3, 0.4) is 0 Å². The van der Waals surface area contributed by atoms with Crippen molar-refractivity contribution in [3.63, 3.8) is 0 Å². The molecule has 0 N–H and O–H groups in total. The number of carbonyl (C=O) groups is 1. The second-order valence-corrected chi connectivity index (χ2v) is 5.50. The van der Waals surface area contributed by atoms with Crippen molar-refractivity contribution < 1.29 is 4.79 Å². The third-order valence-electron chi connectivity index (χ3n) is 3.47. The maximum atomic E-state index is 11.4. The van der Waals surface area contributed by atoms with Crippen LogP contribution in [0.4, 0.5) is 5.82 Å². The molecule has 0 saturated heterocycles. The number of para-hydroxylation sites is 1. The van der Waals surface area contributed by atoms with Crippen molar-refractivity contribution in [1.29, 1.82) is 0 Å². The number of carbonyl (C=O) groups excluding carboxylic acids is 1. The molecule has 0 aliphatic carbocycles. The third kappa shape index (κ3) is 3.79. The van der Waals surface area contributed by atoms with Crippen molar-refractivity contribution in [2.75, 3.05) is 38.6 Å². The molecule has 0 radical (unpaired) electrons. The average Bonchev–Trinajstić information content (AvgIpc) is 2.50. The number of aldehydes is 1. The summed E-state index contributed by atoms with van der Waals surface area (Å²) >= 11 is 0. The number of nitrogens with zero attached hydrogens (tertiary/aromatic N) is 3. The number of rotatable bonds is 7. The Morgan fingerprint density at radius 3 is 2.57 bits per heavy atom. The first-order valence-corrected chi connectivity index (χ1v) is 7.40. The molecule has 2 rings (SSSR count). The predicted molar refractivity (Wildman–Crippen MR) is 88.2 cm³/mol. The third-order valence-corrected chi connectivity index (χ3v) is 3.47. The lowest BCUT2D eigenvalue weighted by Gasteiger charge is -2.26. The first kappa shape index (κ1) is 15.4. The molecular formula is C17H23N3O. The highest BCUT2D eigenvalue weighted by Gasteiger charge is 2.13. The van der Waals surface area contributed by atoms with Crippen molar-refractivity contribution in [2.24, 2.45) is 0 Å². The molecule has 1 aromatic heterocycles. The van der Waals surface area contributed by atoms with E-state index in [4.69, 9.17) is 4.98 Å². The van der Waals surface area contributed by atoms with Crippen LogP contribution in [0.15, 0.2) is 30.3 Å². The van der Waals surface area contributed by atoms with Gasteiger partial charge in [-0.15, -0.1) is 0 Å². The Morgan fingerprint density at radius 1 is 1.14 bits per heavy atom. The van der Waals surface area contributed by atoms with Gasteiger partial charge in [0.2, 0.25) is 0 Å². The molecule has 0 fully saturated rings. The number of likely N-dealkylation sites (N-methyl/N-ethyl adjacent to an activating group) is 1. The van der Waals surface area contributed by atoms with Crippen molar-refractivity contribution in [3.05, 3.63) is 35.9 Å². The molecule has 112 valence electrons. The van der Waals surface area contributed by atoms with Crippen LogP contribution < -0.4 is 4.90 Å². The van der Waals surface area contributed by atoms with Crippen LogP contribution in [0.5, 0.6) is 0 Å². The highest BCUT2D eigenvalue weighted by Crippen LogP contribution is 2.22. The van der Waals surface area contributed by atoms with Crippen molar-refractivity contribution in [1.82, 2.24) is 9.88 Å². The Labute approximate surface area is 126 Å². The summed E-state index contributed by atoms with van der Waals surface area (Å²) in [5.41, 5.74) is 1.60. The lowest BCUT2D eigenvalue weighted by Crippen LogP contribution is -2.33. The van der Waals surface area contributed by atoms with Crippen LogP contribution in [0.25, 0.3) is 10.9 Å². The fraction of sp³-hybridized carbons (Fsp3) is 0.412. The Morgan fingerprint density at radius 2 is 1.90 bits per heavy atom. The first-order chi connectivity index (χ1) is 10.2. The Balaban J connectivity index is 2.41. The molecule has 4 heteroatoms. The molecule has 0 atom stereocenters. The fourth-order valence-corrected chi connectivity index (χ4v) is 2.38. The maximum Gasteiger partial charge on any atom is 0.153 e. The summed E-state index contributed by atoms with van der Waals surface area (Å²) in [6.07, 6.45) is 1.94. The van der Waals surface area contributed by atoms with E-state index < -0.39 is 0 Å². The Hall–Kier alpha value is -1.94. The SMILES string of the molecule is CCCN(CCN(C)C)c1nc2ccccc2cc1C=O. The van der Waals surface area contributed by atoms with Gasteiger partial charge < -0.3 is 9.80 Å². The summed E-state index contributed by atoms with van der Waals surface area (Å²) in [6, 6.07) is 9.85. The van der Waals surface area contributed by atoms with Crippen LogP contribution >= 0.6 is 0 Å². The van der Waals surface area contributed by atoms with Gasteiger partial charge in [-0.25, -0.2) is 4.98 Å². The topological polar surface area (TPSA) is 36.4 Å². The number of hydrogen-bond acceptors (Lipinski definition) is 4. The smallest absolute Gasteiger partial charge is 0.153 e. The summed E-state index contributed by atoms with van der Waals surface area (Å²) in [4.78, 5) is 20.5. The molecule has 0 amide bonds.